The van der Waals surface area contributed by atoms with Crippen molar-refractivity contribution in [2.75, 3.05) is 0 Å². The molecule has 0 aromatic heterocycles. The molecule has 2 nitrogen and oxygen atoms in total. The zero-order valence-electron chi connectivity index (χ0n) is 10.3. The minimum Gasteiger partial charge on any atom is -0.271 e. The molecule has 18 heavy (non-hydrogen) atoms. The summed E-state index contributed by atoms with van der Waals surface area (Å²) in [5, 5.41) is 1.29. The van der Waals surface area contributed by atoms with Crippen molar-refractivity contribution in [1.82, 2.24) is 5.43 Å². The molecule has 0 heterocycles. The average Bonchev–Trinajstić information content (AvgIpc) is 2.58. The van der Waals surface area contributed by atoms with Crippen molar-refractivity contribution in [3.05, 3.63) is 45.5 Å². The fourth-order valence-electron chi connectivity index (χ4n) is 2.46. The van der Waals surface area contributed by atoms with Crippen LogP contribution in [0, 0.1) is 0 Å². The van der Waals surface area contributed by atoms with Gasteiger partial charge in [0.15, 0.2) is 0 Å². The molecular formula is C14H18Cl2N2. The monoisotopic (exact) mass is 284 g/mol. The van der Waals surface area contributed by atoms with Crippen molar-refractivity contribution >= 4 is 23.2 Å². The highest BCUT2D eigenvalue weighted by Crippen LogP contribution is 2.31. The quantitative estimate of drug-likeness (QED) is 0.491. The molecule has 0 aliphatic heterocycles. The van der Waals surface area contributed by atoms with Gasteiger partial charge in [0.1, 0.15) is 0 Å². The normalized spacial score (nSPS) is 18.1. The molecule has 0 fully saturated rings. The summed E-state index contributed by atoms with van der Waals surface area (Å²) >= 11 is 12.1. The Balaban J connectivity index is 2.29. The van der Waals surface area contributed by atoms with Crippen LogP contribution in [-0.2, 0) is 0 Å². The third kappa shape index (κ3) is 3.48. The fourth-order valence-corrected chi connectivity index (χ4v) is 3.00. The van der Waals surface area contributed by atoms with Crippen LogP contribution in [0.15, 0.2) is 29.8 Å². The summed E-state index contributed by atoms with van der Waals surface area (Å²) in [6.07, 6.45) is 8.27. The van der Waals surface area contributed by atoms with Crippen molar-refractivity contribution in [2.45, 2.75) is 38.1 Å². The van der Waals surface area contributed by atoms with Crippen molar-refractivity contribution in [3.63, 3.8) is 0 Å². The van der Waals surface area contributed by atoms with Gasteiger partial charge >= 0.3 is 0 Å². The molecule has 1 aromatic rings. The van der Waals surface area contributed by atoms with Crippen LogP contribution in [-0.4, -0.2) is 0 Å². The number of hydrogen-bond donors (Lipinski definition) is 2. The van der Waals surface area contributed by atoms with Gasteiger partial charge in [0, 0.05) is 10.0 Å². The van der Waals surface area contributed by atoms with Crippen molar-refractivity contribution in [3.8, 4) is 0 Å². The summed E-state index contributed by atoms with van der Waals surface area (Å²) < 4.78 is 0. The van der Waals surface area contributed by atoms with Crippen LogP contribution in [0.4, 0.5) is 0 Å². The van der Waals surface area contributed by atoms with Gasteiger partial charge in [-0.15, -0.1) is 0 Å². The van der Waals surface area contributed by atoms with Crippen LogP contribution in [0.2, 0.25) is 10.0 Å². The SMILES string of the molecule is NNC(C1=CCCCCC1)c1cc(Cl)cc(Cl)c1. The first-order chi connectivity index (χ1) is 8.70. The first-order valence-corrected chi connectivity index (χ1v) is 7.07. The van der Waals surface area contributed by atoms with Gasteiger partial charge in [-0.05, 0) is 49.4 Å². The maximum Gasteiger partial charge on any atom is 0.0671 e. The van der Waals surface area contributed by atoms with E-state index in [1.807, 2.05) is 12.1 Å². The minimum absolute atomic E-state index is 0.0132. The molecule has 2 rings (SSSR count). The van der Waals surface area contributed by atoms with Gasteiger partial charge < -0.3 is 0 Å². The number of nitrogens with one attached hydrogen (secondary N) is 1. The first kappa shape index (κ1) is 13.9. The summed E-state index contributed by atoms with van der Waals surface area (Å²) in [7, 11) is 0. The second-order valence-electron chi connectivity index (χ2n) is 4.68. The van der Waals surface area contributed by atoms with Crippen LogP contribution in [0.3, 0.4) is 0 Å². The first-order valence-electron chi connectivity index (χ1n) is 6.32. The number of allylic oxidation sites excluding steroid dienone is 1. The Morgan fingerprint density at radius 1 is 1.06 bits per heavy atom. The van der Waals surface area contributed by atoms with Gasteiger partial charge in [0.05, 0.1) is 6.04 Å². The van der Waals surface area contributed by atoms with E-state index in [1.54, 1.807) is 6.07 Å². The molecule has 0 radical (unpaired) electrons. The van der Waals surface area contributed by atoms with Gasteiger partial charge in [-0.2, -0.15) is 0 Å². The van der Waals surface area contributed by atoms with Gasteiger partial charge in [-0.3, -0.25) is 5.84 Å². The molecule has 1 unspecified atom stereocenters. The molecule has 4 heteroatoms. The summed E-state index contributed by atoms with van der Waals surface area (Å²) in [5.74, 6) is 5.71. The number of rotatable bonds is 3. The van der Waals surface area contributed by atoms with Gasteiger partial charge in [-0.25, -0.2) is 5.43 Å². The van der Waals surface area contributed by atoms with Crippen molar-refractivity contribution in [2.24, 2.45) is 5.84 Å². The largest absolute Gasteiger partial charge is 0.271 e. The van der Waals surface area contributed by atoms with E-state index in [0.717, 1.165) is 18.4 Å². The maximum atomic E-state index is 6.05. The molecule has 0 spiro atoms. The third-order valence-corrected chi connectivity index (χ3v) is 3.77. The van der Waals surface area contributed by atoms with Crippen LogP contribution >= 0.6 is 23.2 Å². The second-order valence-corrected chi connectivity index (χ2v) is 5.55. The number of hydrazine groups is 1. The van der Waals surface area contributed by atoms with Crippen LogP contribution < -0.4 is 11.3 Å². The van der Waals surface area contributed by atoms with Crippen molar-refractivity contribution in [1.29, 1.82) is 0 Å². The van der Waals surface area contributed by atoms with Gasteiger partial charge in [0.25, 0.3) is 0 Å². The lowest BCUT2D eigenvalue weighted by Gasteiger charge is -2.20. The zero-order valence-corrected chi connectivity index (χ0v) is 11.8. The smallest absolute Gasteiger partial charge is 0.0671 e. The molecule has 1 atom stereocenters. The molecule has 0 amide bonds. The lowest BCUT2D eigenvalue weighted by molar-refractivity contribution is 0.593. The van der Waals surface area contributed by atoms with E-state index in [-0.39, 0.29) is 6.04 Å². The van der Waals surface area contributed by atoms with Gasteiger partial charge in [0.2, 0.25) is 0 Å². The van der Waals surface area contributed by atoms with E-state index in [9.17, 15) is 0 Å². The summed E-state index contributed by atoms with van der Waals surface area (Å²) in [5.41, 5.74) is 5.26. The standard InChI is InChI=1S/C14H18Cl2N2/c15-12-7-11(8-13(16)9-12)14(18-17)10-5-3-1-2-4-6-10/h5,7-9,14,18H,1-4,6,17H2. The van der Waals surface area contributed by atoms with Crippen molar-refractivity contribution < 1.29 is 0 Å². The lowest BCUT2D eigenvalue weighted by atomic mass is 9.96. The van der Waals surface area contributed by atoms with E-state index in [2.05, 4.69) is 11.5 Å². The van der Waals surface area contributed by atoms with E-state index < -0.39 is 0 Å². The highest BCUT2D eigenvalue weighted by molar-refractivity contribution is 6.34. The zero-order chi connectivity index (χ0) is 13.0. The Bertz CT molecular complexity index is 423. The summed E-state index contributed by atoms with van der Waals surface area (Å²) in [4.78, 5) is 0. The Morgan fingerprint density at radius 3 is 2.44 bits per heavy atom. The third-order valence-electron chi connectivity index (χ3n) is 3.33. The number of hydrogen-bond acceptors (Lipinski definition) is 2. The minimum atomic E-state index is 0.0132. The fraction of sp³-hybridized carbons (Fsp3) is 0.429. The van der Waals surface area contributed by atoms with E-state index in [1.165, 1.54) is 24.8 Å². The van der Waals surface area contributed by atoms with E-state index >= 15 is 0 Å². The Kier molecular flexibility index (Phi) is 5.07. The topological polar surface area (TPSA) is 38.0 Å². The molecule has 1 aromatic carbocycles. The highest BCUT2D eigenvalue weighted by Gasteiger charge is 2.17. The second kappa shape index (κ2) is 6.58. The number of nitrogens with two attached hydrogens (primary N) is 1. The molecule has 0 bridgehead atoms. The predicted octanol–water partition coefficient (Wildman–Crippen LogP) is 4.39. The Morgan fingerprint density at radius 2 is 1.78 bits per heavy atom. The predicted molar refractivity (Wildman–Crippen MR) is 77.7 cm³/mol. The molecule has 1 aliphatic carbocycles. The maximum absolute atomic E-state index is 6.05. The molecule has 0 saturated heterocycles. The lowest BCUT2D eigenvalue weighted by Crippen LogP contribution is -2.29. The highest BCUT2D eigenvalue weighted by atomic mass is 35.5. The molecule has 3 N–H and O–H groups in total. The van der Waals surface area contributed by atoms with E-state index in [0.29, 0.717) is 10.0 Å². The molecule has 0 saturated carbocycles. The van der Waals surface area contributed by atoms with Gasteiger partial charge in [-0.1, -0.05) is 41.3 Å². The molecule has 1 aliphatic rings. The summed E-state index contributed by atoms with van der Waals surface area (Å²) in [6, 6.07) is 5.59. The Hall–Kier alpha value is -0.540. The molecular weight excluding hydrogens is 267 g/mol. The number of halogens is 2. The Labute approximate surface area is 118 Å². The van der Waals surface area contributed by atoms with E-state index in [4.69, 9.17) is 29.0 Å². The van der Waals surface area contributed by atoms with Crippen LogP contribution in [0.25, 0.3) is 0 Å². The van der Waals surface area contributed by atoms with Crippen LogP contribution in [0.1, 0.15) is 43.7 Å². The molecule has 98 valence electrons. The number of benzene rings is 1. The average molecular weight is 285 g/mol. The summed E-state index contributed by atoms with van der Waals surface area (Å²) in [6.45, 7) is 0. The van der Waals surface area contributed by atoms with Crippen LogP contribution in [0.5, 0.6) is 0 Å².